The van der Waals surface area contributed by atoms with E-state index in [9.17, 15) is 17.6 Å². The Labute approximate surface area is 101 Å². The summed E-state index contributed by atoms with van der Waals surface area (Å²) in [6.07, 6.45) is -4.46. The highest BCUT2D eigenvalue weighted by Crippen LogP contribution is 2.35. The van der Waals surface area contributed by atoms with Crippen molar-refractivity contribution in [2.45, 2.75) is 25.8 Å². The van der Waals surface area contributed by atoms with Crippen molar-refractivity contribution in [2.24, 2.45) is 0 Å². The summed E-state index contributed by atoms with van der Waals surface area (Å²) in [5, 5.41) is 0.183. The van der Waals surface area contributed by atoms with E-state index in [0.29, 0.717) is 0 Å². The van der Waals surface area contributed by atoms with Gasteiger partial charge in [-0.1, -0.05) is 35.6 Å². The second-order valence-electron chi connectivity index (χ2n) is 4.53. The minimum Gasteiger partial charge on any atom is -0.207 e. The molecule has 0 spiro atoms. The van der Waals surface area contributed by atoms with E-state index in [1.165, 1.54) is 0 Å². The smallest absolute Gasteiger partial charge is 0.207 e. The molecular weight excluding hydrogens is 304 g/mol. The van der Waals surface area contributed by atoms with Gasteiger partial charge in [0, 0.05) is 4.47 Å². The van der Waals surface area contributed by atoms with Crippen LogP contribution >= 0.6 is 15.9 Å². The molecule has 1 rings (SSSR count). The highest BCUT2D eigenvalue weighted by Gasteiger charge is 2.36. The van der Waals surface area contributed by atoms with Crippen LogP contribution in [-0.2, 0) is 6.18 Å². The maximum atomic E-state index is 13.6. The fourth-order valence-corrected chi connectivity index (χ4v) is 5.38. The van der Waals surface area contributed by atoms with Crippen LogP contribution in [0.3, 0.4) is 0 Å². The van der Waals surface area contributed by atoms with E-state index in [2.05, 4.69) is 15.9 Å². The summed E-state index contributed by atoms with van der Waals surface area (Å²) < 4.78 is 51.2. The molecule has 0 radical (unpaired) electrons. The summed E-state index contributed by atoms with van der Waals surface area (Å²) in [5.41, 5.74) is -0.814. The number of hydrogen-bond acceptors (Lipinski definition) is 0. The summed E-state index contributed by atoms with van der Waals surface area (Å²) in [6.45, 7) is 5.41. The zero-order valence-corrected chi connectivity index (χ0v) is 11.6. The van der Waals surface area contributed by atoms with Crippen LogP contribution in [-0.4, -0.2) is 8.07 Å². The van der Waals surface area contributed by atoms with Crippen molar-refractivity contribution in [3.8, 4) is 0 Å². The third kappa shape index (κ3) is 2.66. The van der Waals surface area contributed by atoms with Crippen LogP contribution in [0.15, 0.2) is 16.6 Å². The molecule has 0 fully saturated rings. The number of rotatable bonds is 1. The van der Waals surface area contributed by atoms with Crippen LogP contribution in [0.4, 0.5) is 17.6 Å². The van der Waals surface area contributed by atoms with Crippen LogP contribution in [0.1, 0.15) is 5.56 Å². The van der Waals surface area contributed by atoms with Gasteiger partial charge in [-0.25, -0.2) is 4.39 Å². The summed E-state index contributed by atoms with van der Waals surface area (Å²) in [6, 6.07) is 1.66. The number of benzene rings is 1. The molecule has 0 N–H and O–H groups in total. The fraction of sp³-hybridized carbons (Fsp3) is 0.400. The van der Waals surface area contributed by atoms with Crippen molar-refractivity contribution >= 4 is 29.2 Å². The van der Waals surface area contributed by atoms with Gasteiger partial charge in [0.2, 0.25) is 0 Å². The Balaban J connectivity index is 3.52. The van der Waals surface area contributed by atoms with Crippen LogP contribution in [0.25, 0.3) is 0 Å². The van der Waals surface area contributed by atoms with E-state index in [-0.39, 0.29) is 9.66 Å². The van der Waals surface area contributed by atoms with Crippen molar-refractivity contribution < 1.29 is 17.6 Å². The minimum absolute atomic E-state index is 0.154. The zero-order chi connectivity index (χ0) is 12.7. The zero-order valence-electron chi connectivity index (χ0n) is 9.04. The lowest BCUT2D eigenvalue weighted by Crippen LogP contribution is -2.42. The van der Waals surface area contributed by atoms with Gasteiger partial charge in [-0.05, 0) is 17.3 Å². The number of alkyl halides is 3. The second kappa shape index (κ2) is 4.14. The molecule has 0 heterocycles. The molecule has 0 aliphatic rings. The van der Waals surface area contributed by atoms with Crippen LogP contribution in [0, 0.1) is 5.82 Å². The largest absolute Gasteiger partial charge is 0.417 e. The van der Waals surface area contributed by atoms with E-state index < -0.39 is 25.6 Å². The predicted molar refractivity (Wildman–Crippen MR) is 62.1 cm³/mol. The first kappa shape index (κ1) is 13.7. The average molecular weight is 315 g/mol. The van der Waals surface area contributed by atoms with E-state index in [4.69, 9.17) is 0 Å². The van der Waals surface area contributed by atoms with Gasteiger partial charge in [0.05, 0.1) is 13.6 Å². The highest BCUT2D eigenvalue weighted by molar-refractivity contribution is 9.10. The molecule has 0 atom stereocenters. The first-order valence-electron chi connectivity index (χ1n) is 4.61. The molecule has 90 valence electrons. The lowest BCUT2D eigenvalue weighted by molar-refractivity contribution is -0.138. The molecule has 0 aliphatic heterocycles. The molecule has 6 heteroatoms. The maximum Gasteiger partial charge on any atom is 0.417 e. The number of halogens is 5. The molecule has 0 saturated heterocycles. The molecule has 1 aromatic rings. The van der Waals surface area contributed by atoms with Crippen molar-refractivity contribution in [3.05, 3.63) is 28.0 Å². The fourth-order valence-electron chi connectivity index (χ4n) is 1.46. The average Bonchev–Trinajstić information content (AvgIpc) is 1.97. The third-order valence-electron chi connectivity index (χ3n) is 2.15. The van der Waals surface area contributed by atoms with Crippen molar-refractivity contribution in [1.82, 2.24) is 0 Å². The molecule has 0 saturated carbocycles. The molecule has 1 aromatic carbocycles. The summed E-state index contributed by atoms with van der Waals surface area (Å²) in [4.78, 5) is 0. The lowest BCUT2D eigenvalue weighted by atomic mass is 10.2. The molecule has 0 unspecified atom stereocenters. The Bertz CT molecular complexity index is 407. The van der Waals surface area contributed by atoms with Gasteiger partial charge in [0.25, 0.3) is 0 Å². The van der Waals surface area contributed by atoms with Gasteiger partial charge >= 0.3 is 6.18 Å². The normalized spacial score (nSPS) is 13.0. The van der Waals surface area contributed by atoms with Crippen molar-refractivity contribution in [2.75, 3.05) is 0 Å². The van der Waals surface area contributed by atoms with Crippen LogP contribution < -0.4 is 5.19 Å². The first-order chi connectivity index (χ1) is 7.05. The minimum atomic E-state index is -4.46. The molecule has 0 aromatic heterocycles. The Morgan fingerprint density at radius 3 is 2.00 bits per heavy atom. The van der Waals surface area contributed by atoms with E-state index in [1.807, 2.05) is 0 Å². The molecule has 0 bridgehead atoms. The van der Waals surface area contributed by atoms with Crippen LogP contribution in [0.5, 0.6) is 0 Å². The SMILES string of the molecule is C[Si](C)(C)c1c(F)ccc(C(F)(F)F)c1Br. The Morgan fingerprint density at radius 1 is 1.12 bits per heavy atom. The second-order valence-corrected chi connectivity index (χ2v) is 10.3. The molecule has 0 aliphatic carbocycles. The van der Waals surface area contributed by atoms with Gasteiger partial charge in [-0.15, -0.1) is 0 Å². The van der Waals surface area contributed by atoms with Crippen LogP contribution in [0.2, 0.25) is 19.6 Å². The summed E-state index contributed by atoms with van der Waals surface area (Å²) in [7, 11) is -2.15. The standard InChI is InChI=1S/C10H11BrF4Si/c1-16(2,3)9-7(12)5-4-6(8(9)11)10(13,14)15/h4-5H,1-3H3. The van der Waals surface area contributed by atoms with Gasteiger partial charge in [0.1, 0.15) is 5.82 Å². The quantitative estimate of drug-likeness (QED) is 0.539. The van der Waals surface area contributed by atoms with Crippen molar-refractivity contribution in [1.29, 1.82) is 0 Å². The number of hydrogen-bond donors (Lipinski definition) is 0. The lowest BCUT2D eigenvalue weighted by Gasteiger charge is -2.22. The van der Waals surface area contributed by atoms with Gasteiger partial charge < -0.3 is 0 Å². The summed E-state index contributed by atoms with van der Waals surface area (Å²) in [5.74, 6) is -0.570. The Hall–Kier alpha value is -0.363. The maximum absolute atomic E-state index is 13.6. The first-order valence-corrected chi connectivity index (χ1v) is 8.90. The topological polar surface area (TPSA) is 0 Å². The van der Waals surface area contributed by atoms with Crippen molar-refractivity contribution in [3.63, 3.8) is 0 Å². The molecule has 0 amide bonds. The Kier molecular flexibility index (Phi) is 3.55. The van der Waals surface area contributed by atoms with E-state index in [1.54, 1.807) is 19.6 Å². The third-order valence-corrected chi connectivity index (χ3v) is 5.33. The predicted octanol–water partition coefficient (Wildman–Crippen LogP) is 4.15. The molecular formula is C10H11BrF4Si. The van der Waals surface area contributed by atoms with E-state index >= 15 is 0 Å². The van der Waals surface area contributed by atoms with Gasteiger partial charge in [-0.3, -0.25) is 0 Å². The van der Waals surface area contributed by atoms with Gasteiger partial charge in [0.15, 0.2) is 0 Å². The highest BCUT2D eigenvalue weighted by atomic mass is 79.9. The summed E-state index contributed by atoms with van der Waals surface area (Å²) >= 11 is 2.88. The molecule has 0 nitrogen and oxygen atoms in total. The Morgan fingerprint density at radius 2 is 1.62 bits per heavy atom. The molecule has 16 heavy (non-hydrogen) atoms. The monoisotopic (exact) mass is 314 g/mol. The van der Waals surface area contributed by atoms with Gasteiger partial charge in [-0.2, -0.15) is 13.2 Å². The van der Waals surface area contributed by atoms with E-state index in [0.717, 1.165) is 12.1 Å².